The summed E-state index contributed by atoms with van der Waals surface area (Å²) in [5, 5.41) is 7.66. The Bertz CT molecular complexity index is 575. The van der Waals surface area contributed by atoms with E-state index < -0.39 is 24.9 Å². The number of amides is 3. The third-order valence-electron chi connectivity index (χ3n) is 3.23. The molecule has 2 unspecified atom stereocenters. The fourth-order valence-corrected chi connectivity index (χ4v) is 2.03. The number of nitrogens with one attached hydrogen (secondary N) is 3. The molecule has 1 saturated heterocycles. The van der Waals surface area contributed by atoms with Crippen molar-refractivity contribution in [1.82, 2.24) is 16.0 Å². The van der Waals surface area contributed by atoms with Crippen molar-refractivity contribution in [2.24, 2.45) is 0 Å². The topological polar surface area (TPSA) is 79.5 Å². The zero-order valence-electron chi connectivity index (χ0n) is 12.2. The standard InChI is InChI=1S/C14H16F3N3O3/c1-8(19-12(21)11-6-18-13(22)20-11)9-2-4-10(5-3-9)23-7-14(15,16)17/h2-5,8,11H,6-7H2,1H3,(H,19,21)(H2,18,20,22). The van der Waals surface area contributed by atoms with Crippen LogP contribution < -0.4 is 20.7 Å². The minimum Gasteiger partial charge on any atom is -0.484 e. The highest BCUT2D eigenvalue weighted by atomic mass is 19.4. The van der Waals surface area contributed by atoms with Crippen molar-refractivity contribution in [2.75, 3.05) is 13.2 Å². The van der Waals surface area contributed by atoms with Crippen LogP contribution in [0, 0.1) is 0 Å². The molecule has 0 aromatic heterocycles. The molecule has 0 saturated carbocycles. The number of halogens is 3. The summed E-state index contributed by atoms with van der Waals surface area (Å²) in [7, 11) is 0. The van der Waals surface area contributed by atoms with Gasteiger partial charge in [0.25, 0.3) is 0 Å². The summed E-state index contributed by atoms with van der Waals surface area (Å²) in [5.74, 6) is -0.245. The van der Waals surface area contributed by atoms with E-state index >= 15 is 0 Å². The molecule has 6 nitrogen and oxygen atoms in total. The average Bonchev–Trinajstić information content (AvgIpc) is 2.91. The van der Waals surface area contributed by atoms with Gasteiger partial charge in [0.1, 0.15) is 11.8 Å². The molecule has 1 aromatic carbocycles. The molecular weight excluding hydrogens is 315 g/mol. The largest absolute Gasteiger partial charge is 0.484 e. The van der Waals surface area contributed by atoms with Crippen molar-refractivity contribution in [3.8, 4) is 5.75 Å². The van der Waals surface area contributed by atoms with Gasteiger partial charge in [-0.3, -0.25) is 4.79 Å². The van der Waals surface area contributed by atoms with Crippen LogP contribution in [0.15, 0.2) is 24.3 Å². The van der Waals surface area contributed by atoms with Gasteiger partial charge in [-0.15, -0.1) is 0 Å². The van der Waals surface area contributed by atoms with Crippen molar-refractivity contribution in [3.05, 3.63) is 29.8 Å². The molecule has 23 heavy (non-hydrogen) atoms. The first-order valence-electron chi connectivity index (χ1n) is 6.89. The highest BCUT2D eigenvalue weighted by Crippen LogP contribution is 2.21. The Labute approximate surface area is 130 Å². The highest BCUT2D eigenvalue weighted by Gasteiger charge is 2.29. The van der Waals surface area contributed by atoms with Gasteiger partial charge in [0.2, 0.25) is 5.91 Å². The summed E-state index contributed by atoms with van der Waals surface area (Å²) in [4.78, 5) is 22.9. The third-order valence-corrected chi connectivity index (χ3v) is 3.23. The van der Waals surface area contributed by atoms with E-state index in [1.807, 2.05) is 0 Å². The van der Waals surface area contributed by atoms with Crippen LogP contribution >= 0.6 is 0 Å². The maximum atomic E-state index is 12.1. The molecule has 1 aliphatic rings. The van der Waals surface area contributed by atoms with E-state index in [4.69, 9.17) is 0 Å². The van der Waals surface area contributed by atoms with Crippen molar-refractivity contribution in [1.29, 1.82) is 0 Å². The SMILES string of the molecule is CC(NC(=O)C1CNC(=O)N1)c1ccc(OCC(F)(F)F)cc1. The van der Waals surface area contributed by atoms with Gasteiger partial charge in [0, 0.05) is 6.54 Å². The molecular formula is C14H16F3N3O3. The molecule has 2 rings (SSSR count). The Morgan fingerprint density at radius 3 is 2.57 bits per heavy atom. The summed E-state index contributed by atoms with van der Waals surface area (Å²) in [6.07, 6.45) is -4.39. The van der Waals surface area contributed by atoms with Gasteiger partial charge in [0.05, 0.1) is 6.04 Å². The van der Waals surface area contributed by atoms with Crippen LogP contribution in [-0.2, 0) is 4.79 Å². The van der Waals surface area contributed by atoms with E-state index in [1.54, 1.807) is 19.1 Å². The minimum atomic E-state index is -4.39. The Kier molecular flexibility index (Phi) is 4.97. The van der Waals surface area contributed by atoms with Crippen LogP contribution in [-0.4, -0.2) is 37.3 Å². The summed E-state index contributed by atoms with van der Waals surface area (Å²) >= 11 is 0. The first-order chi connectivity index (χ1) is 10.7. The van der Waals surface area contributed by atoms with E-state index in [9.17, 15) is 22.8 Å². The minimum absolute atomic E-state index is 0.0943. The highest BCUT2D eigenvalue weighted by molar-refractivity contribution is 5.90. The quantitative estimate of drug-likeness (QED) is 0.765. The fraction of sp³-hybridized carbons (Fsp3) is 0.429. The summed E-state index contributed by atoms with van der Waals surface area (Å²) < 4.78 is 40.8. The van der Waals surface area contributed by atoms with E-state index in [2.05, 4.69) is 20.7 Å². The Balaban J connectivity index is 1.88. The molecule has 0 spiro atoms. The lowest BCUT2D eigenvalue weighted by molar-refractivity contribution is -0.153. The van der Waals surface area contributed by atoms with Gasteiger partial charge in [-0.25, -0.2) is 4.79 Å². The third kappa shape index (κ3) is 5.04. The van der Waals surface area contributed by atoms with Gasteiger partial charge < -0.3 is 20.7 Å². The van der Waals surface area contributed by atoms with Crippen LogP contribution in [0.25, 0.3) is 0 Å². The van der Waals surface area contributed by atoms with Gasteiger partial charge in [0.15, 0.2) is 6.61 Å². The number of ether oxygens (including phenoxy) is 1. The molecule has 1 heterocycles. The molecule has 3 N–H and O–H groups in total. The summed E-state index contributed by atoms with van der Waals surface area (Å²) in [6, 6.07) is 4.55. The normalized spacial score (nSPS) is 18.8. The molecule has 9 heteroatoms. The Morgan fingerprint density at radius 2 is 2.04 bits per heavy atom. The predicted molar refractivity (Wildman–Crippen MR) is 74.9 cm³/mol. The molecule has 3 amide bonds. The Morgan fingerprint density at radius 1 is 1.39 bits per heavy atom. The zero-order valence-corrected chi connectivity index (χ0v) is 12.2. The number of carbonyl (C=O) groups is 2. The van der Waals surface area contributed by atoms with Gasteiger partial charge >= 0.3 is 12.2 Å². The van der Waals surface area contributed by atoms with E-state index in [0.717, 1.165) is 0 Å². The molecule has 0 bridgehead atoms. The monoisotopic (exact) mass is 331 g/mol. The van der Waals surface area contributed by atoms with Crippen LogP contribution in [0.4, 0.5) is 18.0 Å². The average molecular weight is 331 g/mol. The maximum absolute atomic E-state index is 12.1. The number of urea groups is 1. The zero-order chi connectivity index (χ0) is 17.0. The van der Waals surface area contributed by atoms with E-state index in [0.29, 0.717) is 5.56 Å². The van der Waals surface area contributed by atoms with Gasteiger partial charge in [-0.2, -0.15) is 13.2 Å². The molecule has 126 valence electrons. The molecule has 1 aliphatic heterocycles. The number of hydrogen-bond donors (Lipinski definition) is 3. The van der Waals surface area contributed by atoms with Crippen molar-refractivity contribution < 1.29 is 27.5 Å². The van der Waals surface area contributed by atoms with Crippen LogP contribution in [0.5, 0.6) is 5.75 Å². The molecule has 1 aromatic rings. The van der Waals surface area contributed by atoms with Crippen molar-refractivity contribution >= 4 is 11.9 Å². The second-order valence-corrected chi connectivity index (χ2v) is 5.11. The predicted octanol–water partition coefficient (Wildman–Crippen LogP) is 1.49. The smallest absolute Gasteiger partial charge is 0.422 e. The number of hydrogen-bond acceptors (Lipinski definition) is 3. The first kappa shape index (κ1) is 16.9. The van der Waals surface area contributed by atoms with Gasteiger partial charge in [-0.05, 0) is 24.6 Å². The lowest BCUT2D eigenvalue weighted by Crippen LogP contribution is -2.43. The van der Waals surface area contributed by atoms with E-state index in [1.165, 1.54) is 12.1 Å². The van der Waals surface area contributed by atoms with Crippen LogP contribution in [0.3, 0.4) is 0 Å². The fourth-order valence-electron chi connectivity index (χ4n) is 2.03. The Hall–Kier alpha value is -2.45. The molecule has 0 radical (unpaired) electrons. The lowest BCUT2D eigenvalue weighted by Gasteiger charge is -2.17. The molecule has 0 aliphatic carbocycles. The summed E-state index contributed by atoms with van der Waals surface area (Å²) in [6.45, 7) is 0.586. The first-order valence-corrected chi connectivity index (χ1v) is 6.89. The second-order valence-electron chi connectivity index (χ2n) is 5.11. The van der Waals surface area contributed by atoms with Crippen LogP contribution in [0.2, 0.25) is 0 Å². The van der Waals surface area contributed by atoms with Gasteiger partial charge in [-0.1, -0.05) is 12.1 Å². The number of carbonyl (C=O) groups excluding carboxylic acids is 2. The molecule has 2 atom stereocenters. The second kappa shape index (κ2) is 6.76. The number of alkyl halides is 3. The van der Waals surface area contributed by atoms with Crippen molar-refractivity contribution in [3.63, 3.8) is 0 Å². The maximum Gasteiger partial charge on any atom is 0.422 e. The van der Waals surface area contributed by atoms with E-state index in [-0.39, 0.29) is 24.2 Å². The van der Waals surface area contributed by atoms with Crippen LogP contribution in [0.1, 0.15) is 18.5 Å². The lowest BCUT2D eigenvalue weighted by atomic mass is 10.1. The summed E-state index contributed by atoms with van der Waals surface area (Å²) in [5.41, 5.74) is 0.704. The van der Waals surface area contributed by atoms with Crippen molar-refractivity contribution in [2.45, 2.75) is 25.2 Å². The number of rotatable bonds is 5. The number of benzene rings is 1. The molecule has 1 fully saturated rings.